The van der Waals surface area contributed by atoms with Gasteiger partial charge in [-0.05, 0) is 26.0 Å². The highest BCUT2D eigenvalue weighted by Gasteiger charge is 2.16. The molecule has 0 aliphatic heterocycles. The Kier molecular flexibility index (Phi) is 3.49. The second-order valence-corrected chi connectivity index (χ2v) is 4.44. The number of nitrogens with zero attached hydrogens (tertiary/aromatic N) is 2. The summed E-state index contributed by atoms with van der Waals surface area (Å²) in [5.41, 5.74) is 4.69. The Balaban J connectivity index is 2.78. The molecule has 0 bridgehead atoms. The number of aromatic nitrogens is 1. The molecule has 0 radical (unpaired) electrons. The third-order valence-corrected chi connectivity index (χ3v) is 2.05. The largest absolute Gasteiger partial charge is 0.389 e. The molecule has 0 fully saturated rings. The molecule has 5 nitrogen and oxygen atoms in total. The van der Waals surface area contributed by atoms with Crippen LogP contribution in [0.25, 0.3) is 0 Å². The van der Waals surface area contributed by atoms with Gasteiger partial charge in [-0.2, -0.15) is 0 Å². The van der Waals surface area contributed by atoms with E-state index in [0.29, 0.717) is 17.9 Å². The van der Waals surface area contributed by atoms with Crippen LogP contribution < -0.4 is 10.6 Å². The summed E-state index contributed by atoms with van der Waals surface area (Å²) in [6.07, 6.45) is 1.43. The molecule has 16 heavy (non-hydrogen) atoms. The molecular weight excluding hydrogens is 206 g/mol. The van der Waals surface area contributed by atoms with E-state index in [-0.39, 0.29) is 0 Å². The van der Waals surface area contributed by atoms with Crippen molar-refractivity contribution in [2.75, 3.05) is 18.5 Å². The van der Waals surface area contributed by atoms with E-state index in [4.69, 9.17) is 5.73 Å². The van der Waals surface area contributed by atoms with Crippen molar-refractivity contribution in [3.05, 3.63) is 23.9 Å². The summed E-state index contributed by atoms with van der Waals surface area (Å²) in [7, 11) is 1.82. The predicted octanol–water partition coefficient (Wildman–Crippen LogP) is 0.388. The van der Waals surface area contributed by atoms with Crippen LogP contribution in [0.15, 0.2) is 18.3 Å². The average molecular weight is 223 g/mol. The third-order valence-electron chi connectivity index (χ3n) is 2.05. The number of pyridine rings is 1. The highest BCUT2D eigenvalue weighted by Crippen LogP contribution is 2.12. The van der Waals surface area contributed by atoms with Gasteiger partial charge in [0.25, 0.3) is 0 Å². The lowest BCUT2D eigenvalue weighted by Crippen LogP contribution is -2.36. The van der Waals surface area contributed by atoms with E-state index >= 15 is 0 Å². The normalized spacial score (nSPS) is 11.2. The van der Waals surface area contributed by atoms with E-state index in [9.17, 15) is 9.90 Å². The molecule has 1 heterocycles. The Morgan fingerprint density at radius 2 is 2.19 bits per heavy atom. The van der Waals surface area contributed by atoms with Gasteiger partial charge < -0.3 is 15.7 Å². The molecule has 5 heteroatoms. The maximum Gasteiger partial charge on any atom is 0.250 e. The number of carbonyl (C=O) groups is 1. The number of aliphatic hydroxyl groups is 1. The van der Waals surface area contributed by atoms with Crippen LogP contribution in [-0.4, -0.2) is 35.2 Å². The van der Waals surface area contributed by atoms with Crippen molar-refractivity contribution in [2.24, 2.45) is 5.73 Å². The zero-order valence-corrected chi connectivity index (χ0v) is 9.77. The molecule has 1 amide bonds. The molecule has 1 aromatic rings. The van der Waals surface area contributed by atoms with E-state index in [1.54, 1.807) is 26.0 Å². The van der Waals surface area contributed by atoms with Crippen molar-refractivity contribution < 1.29 is 9.90 Å². The monoisotopic (exact) mass is 223 g/mol. The maximum absolute atomic E-state index is 10.8. The molecule has 0 atom stereocenters. The molecule has 1 aromatic heterocycles. The standard InChI is InChI=1S/C11H17N3O2/c1-11(2,16)7-14(3)9-5-4-8(6-13-9)10(12)15/h4-6,16H,7H2,1-3H3,(H2,12,15). The first kappa shape index (κ1) is 12.4. The predicted molar refractivity (Wildman–Crippen MR) is 62.3 cm³/mol. The van der Waals surface area contributed by atoms with Gasteiger partial charge in [0.05, 0.1) is 11.2 Å². The molecule has 0 aromatic carbocycles. The topological polar surface area (TPSA) is 79.5 Å². The molecular formula is C11H17N3O2. The van der Waals surface area contributed by atoms with E-state index in [1.165, 1.54) is 6.20 Å². The summed E-state index contributed by atoms with van der Waals surface area (Å²) >= 11 is 0. The highest BCUT2D eigenvalue weighted by molar-refractivity contribution is 5.92. The van der Waals surface area contributed by atoms with Crippen molar-refractivity contribution in [2.45, 2.75) is 19.4 Å². The van der Waals surface area contributed by atoms with Crippen molar-refractivity contribution >= 4 is 11.7 Å². The van der Waals surface area contributed by atoms with Gasteiger partial charge in [-0.1, -0.05) is 0 Å². The van der Waals surface area contributed by atoms with Crippen LogP contribution in [-0.2, 0) is 0 Å². The quantitative estimate of drug-likeness (QED) is 0.773. The van der Waals surface area contributed by atoms with Crippen LogP contribution in [0, 0.1) is 0 Å². The van der Waals surface area contributed by atoms with Crippen LogP contribution in [0.1, 0.15) is 24.2 Å². The molecule has 0 saturated heterocycles. The fourth-order valence-corrected chi connectivity index (χ4v) is 1.42. The van der Waals surface area contributed by atoms with Gasteiger partial charge in [-0.15, -0.1) is 0 Å². The van der Waals surface area contributed by atoms with Gasteiger partial charge in [0, 0.05) is 19.8 Å². The van der Waals surface area contributed by atoms with Gasteiger partial charge in [0.2, 0.25) is 5.91 Å². The van der Waals surface area contributed by atoms with E-state index in [0.717, 1.165) is 0 Å². The number of hydrogen-bond acceptors (Lipinski definition) is 4. The fraction of sp³-hybridized carbons (Fsp3) is 0.455. The molecule has 0 aliphatic rings. The lowest BCUT2D eigenvalue weighted by atomic mass is 10.1. The minimum atomic E-state index is -0.793. The summed E-state index contributed by atoms with van der Waals surface area (Å²) in [6, 6.07) is 3.32. The number of amides is 1. The molecule has 1 rings (SSSR count). The van der Waals surface area contributed by atoms with E-state index < -0.39 is 11.5 Å². The number of rotatable bonds is 4. The van der Waals surface area contributed by atoms with Gasteiger partial charge in [-0.25, -0.2) is 4.98 Å². The van der Waals surface area contributed by atoms with Gasteiger partial charge in [-0.3, -0.25) is 4.79 Å². The van der Waals surface area contributed by atoms with Gasteiger partial charge >= 0.3 is 0 Å². The fourth-order valence-electron chi connectivity index (χ4n) is 1.42. The van der Waals surface area contributed by atoms with Crippen molar-refractivity contribution in [3.8, 4) is 0 Å². The molecule has 0 spiro atoms. The summed E-state index contributed by atoms with van der Waals surface area (Å²) in [5, 5.41) is 9.65. The van der Waals surface area contributed by atoms with Crippen molar-refractivity contribution in [1.82, 2.24) is 4.98 Å². The van der Waals surface area contributed by atoms with Crippen LogP contribution in [0.5, 0.6) is 0 Å². The Morgan fingerprint density at radius 1 is 1.56 bits per heavy atom. The Hall–Kier alpha value is -1.62. The van der Waals surface area contributed by atoms with E-state index in [2.05, 4.69) is 4.98 Å². The summed E-state index contributed by atoms with van der Waals surface area (Å²) < 4.78 is 0. The smallest absolute Gasteiger partial charge is 0.250 e. The van der Waals surface area contributed by atoms with Crippen LogP contribution >= 0.6 is 0 Å². The summed E-state index contributed by atoms with van der Waals surface area (Å²) in [4.78, 5) is 16.7. The first-order chi connectivity index (χ1) is 7.29. The van der Waals surface area contributed by atoms with Crippen molar-refractivity contribution in [1.29, 1.82) is 0 Å². The molecule has 0 saturated carbocycles. The summed E-state index contributed by atoms with van der Waals surface area (Å²) in [5.74, 6) is 0.191. The SMILES string of the molecule is CN(CC(C)(C)O)c1ccc(C(N)=O)cn1. The number of anilines is 1. The first-order valence-corrected chi connectivity index (χ1v) is 4.99. The second kappa shape index (κ2) is 4.49. The molecule has 0 unspecified atom stereocenters. The number of carbonyl (C=O) groups excluding carboxylic acids is 1. The average Bonchev–Trinajstić information content (AvgIpc) is 2.15. The maximum atomic E-state index is 10.8. The Morgan fingerprint density at radius 3 is 2.56 bits per heavy atom. The van der Waals surface area contributed by atoms with Crippen LogP contribution in [0.2, 0.25) is 0 Å². The van der Waals surface area contributed by atoms with E-state index in [1.807, 2.05) is 11.9 Å². The number of hydrogen-bond donors (Lipinski definition) is 2. The minimum absolute atomic E-state index is 0.375. The molecule has 88 valence electrons. The van der Waals surface area contributed by atoms with Crippen LogP contribution in [0.3, 0.4) is 0 Å². The molecule has 3 N–H and O–H groups in total. The first-order valence-electron chi connectivity index (χ1n) is 4.99. The lowest BCUT2D eigenvalue weighted by Gasteiger charge is -2.26. The number of likely N-dealkylation sites (N-methyl/N-ethyl adjacent to an activating group) is 1. The van der Waals surface area contributed by atoms with Crippen LogP contribution in [0.4, 0.5) is 5.82 Å². The number of nitrogens with two attached hydrogens (primary N) is 1. The zero-order chi connectivity index (χ0) is 12.3. The second-order valence-electron chi connectivity index (χ2n) is 4.44. The zero-order valence-electron chi connectivity index (χ0n) is 9.77. The highest BCUT2D eigenvalue weighted by atomic mass is 16.3. The van der Waals surface area contributed by atoms with Gasteiger partial charge in [0.15, 0.2) is 0 Å². The minimum Gasteiger partial charge on any atom is -0.389 e. The number of primary amides is 1. The van der Waals surface area contributed by atoms with Gasteiger partial charge in [0.1, 0.15) is 5.82 Å². The Bertz CT molecular complexity index is 368. The molecule has 0 aliphatic carbocycles. The third kappa shape index (κ3) is 3.51. The lowest BCUT2D eigenvalue weighted by molar-refractivity contribution is 0.0883. The van der Waals surface area contributed by atoms with Crippen molar-refractivity contribution in [3.63, 3.8) is 0 Å². The Labute approximate surface area is 94.9 Å². The summed E-state index contributed by atoms with van der Waals surface area (Å²) in [6.45, 7) is 3.90.